The minimum Gasteiger partial charge on any atom is -0.341 e. The molecule has 1 aromatic carbocycles. The molecule has 11 heteroatoms. The molecule has 3 aromatic rings. The molecule has 0 unspecified atom stereocenters. The van der Waals surface area contributed by atoms with Gasteiger partial charge in [0, 0.05) is 32.1 Å². The number of anilines is 1. The maximum atomic E-state index is 14.4. The van der Waals surface area contributed by atoms with Crippen LogP contribution in [-0.4, -0.2) is 49.0 Å². The second-order valence-corrected chi connectivity index (χ2v) is 8.10. The quantitative estimate of drug-likeness (QED) is 0.465. The lowest BCUT2D eigenvalue weighted by molar-refractivity contribution is -0.173. The molecule has 1 N–H and O–H groups in total. The van der Waals surface area contributed by atoms with Crippen LogP contribution in [0.5, 0.6) is 0 Å². The smallest absolute Gasteiger partial charge is 0.249 e. The van der Waals surface area contributed by atoms with E-state index < -0.39 is 29.3 Å². The molecule has 0 bridgehead atoms. The Morgan fingerprint density at radius 2 is 1.82 bits per heavy atom. The van der Waals surface area contributed by atoms with E-state index in [1.807, 2.05) is 11.8 Å². The highest BCUT2D eigenvalue weighted by atomic mass is 19.1. The Morgan fingerprint density at radius 3 is 2.42 bits per heavy atom. The fourth-order valence-electron chi connectivity index (χ4n) is 4.05. The first-order chi connectivity index (χ1) is 15.7. The Hall–Kier alpha value is -3.47. The van der Waals surface area contributed by atoms with Gasteiger partial charge in [-0.2, -0.15) is 5.10 Å². The first-order valence-electron chi connectivity index (χ1n) is 10.4. The number of aromatic nitrogens is 4. The number of amides is 1. The van der Waals surface area contributed by atoms with Crippen molar-refractivity contribution in [3.8, 4) is 11.4 Å². The Labute approximate surface area is 188 Å². The summed E-state index contributed by atoms with van der Waals surface area (Å²) in [5.41, 5.74) is 1.65. The molecule has 1 fully saturated rings. The van der Waals surface area contributed by atoms with Gasteiger partial charge in [-0.25, -0.2) is 28.2 Å². The minimum atomic E-state index is -0.779. The molecule has 8 nitrogen and oxygen atoms in total. The molecule has 0 atom stereocenters. The third-order valence-corrected chi connectivity index (χ3v) is 5.71. The maximum Gasteiger partial charge on any atom is 0.249 e. The highest BCUT2D eigenvalue weighted by Crippen LogP contribution is 2.27. The van der Waals surface area contributed by atoms with Crippen LogP contribution >= 0.6 is 0 Å². The Kier molecular flexibility index (Phi) is 6.32. The van der Waals surface area contributed by atoms with Crippen molar-refractivity contribution in [1.29, 1.82) is 0 Å². The second kappa shape index (κ2) is 9.18. The van der Waals surface area contributed by atoms with Gasteiger partial charge in [0.25, 0.3) is 0 Å². The molecule has 0 aliphatic carbocycles. The normalized spacial score (nSPS) is 14.5. The van der Waals surface area contributed by atoms with Crippen LogP contribution < -0.4 is 4.90 Å². The summed E-state index contributed by atoms with van der Waals surface area (Å²) in [4.78, 5) is 23.0. The number of carbonyl (C=O) groups excluding carboxylic acids is 1. The Morgan fingerprint density at radius 1 is 1.15 bits per heavy atom. The van der Waals surface area contributed by atoms with E-state index in [0.717, 1.165) is 30.0 Å². The molecule has 1 aliphatic heterocycles. The van der Waals surface area contributed by atoms with Crippen LogP contribution in [0.25, 0.3) is 11.4 Å². The molecule has 0 saturated carbocycles. The van der Waals surface area contributed by atoms with Crippen molar-refractivity contribution in [2.45, 2.75) is 26.3 Å². The number of rotatable bonds is 5. The van der Waals surface area contributed by atoms with Crippen molar-refractivity contribution >= 4 is 11.9 Å². The van der Waals surface area contributed by atoms with Crippen LogP contribution in [0.2, 0.25) is 0 Å². The van der Waals surface area contributed by atoms with Crippen LogP contribution in [0.15, 0.2) is 30.6 Å². The highest BCUT2D eigenvalue weighted by molar-refractivity contribution is 5.78. The monoisotopic (exact) mass is 460 g/mol. The van der Waals surface area contributed by atoms with Gasteiger partial charge in [-0.3, -0.25) is 14.7 Å². The lowest BCUT2D eigenvalue weighted by Crippen LogP contribution is -2.42. The SMILES string of the molecule is Cc1cnn(C)c1-c1nc(N2CCC(C(=O)N(O)Cc3cc(F)cc(F)c3)CC2)ncc1F. The average molecular weight is 460 g/mol. The maximum absolute atomic E-state index is 14.4. The van der Waals surface area contributed by atoms with Crippen molar-refractivity contribution in [3.05, 3.63) is 59.2 Å². The fourth-order valence-corrected chi connectivity index (χ4v) is 4.05. The van der Waals surface area contributed by atoms with Gasteiger partial charge in [-0.05, 0) is 43.0 Å². The van der Waals surface area contributed by atoms with Crippen LogP contribution in [0, 0.1) is 30.3 Å². The average Bonchev–Trinajstić information content (AvgIpc) is 3.11. The van der Waals surface area contributed by atoms with Crippen LogP contribution in [0.1, 0.15) is 24.0 Å². The predicted octanol–water partition coefficient (Wildman–Crippen LogP) is 3.24. The lowest BCUT2D eigenvalue weighted by atomic mass is 9.96. The van der Waals surface area contributed by atoms with E-state index >= 15 is 0 Å². The van der Waals surface area contributed by atoms with Crippen molar-refractivity contribution in [2.75, 3.05) is 18.0 Å². The number of hydrogen-bond donors (Lipinski definition) is 1. The molecule has 174 valence electrons. The standard InChI is InChI=1S/C22H23F3N6O2/c1-13-10-27-29(2)20(13)19-18(25)11-26-22(28-19)30-5-3-15(4-6-30)21(32)31(33)12-14-7-16(23)9-17(24)8-14/h7-11,15,33H,3-6,12H2,1-2H3. The summed E-state index contributed by atoms with van der Waals surface area (Å²) in [5, 5.41) is 14.8. The van der Waals surface area contributed by atoms with Crippen molar-refractivity contribution < 1.29 is 23.2 Å². The summed E-state index contributed by atoms with van der Waals surface area (Å²) in [6, 6.07) is 2.85. The third-order valence-electron chi connectivity index (χ3n) is 5.71. The zero-order chi connectivity index (χ0) is 23.7. The number of aryl methyl sites for hydroxylation is 2. The van der Waals surface area contributed by atoms with Gasteiger partial charge in [0.2, 0.25) is 11.9 Å². The summed E-state index contributed by atoms with van der Waals surface area (Å²) in [6.45, 7) is 2.35. The summed E-state index contributed by atoms with van der Waals surface area (Å²) >= 11 is 0. The van der Waals surface area contributed by atoms with Crippen molar-refractivity contribution in [1.82, 2.24) is 24.8 Å². The fraction of sp³-hybridized carbons (Fsp3) is 0.364. The van der Waals surface area contributed by atoms with Gasteiger partial charge in [-0.1, -0.05) is 0 Å². The molecule has 1 aliphatic rings. The predicted molar refractivity (Wildman–Crippen MR) is 113 cm³/mol. The van der Waals surface area contributed by atoms with Gasteiger partial charge >= 0.3 is 0 Å². The van der Waals surface area contributed by atoms with Crippen molar-refractivity contribution in [3.63, 3.8) is 0 Å². The molecule has 0 spiro atoms. The van der Waals surface area contributed by atoms with E-state index in [-0.39, 0.29) is 17.8 Å². The van der Waals surface area contributed by atoms with Gasteiger partial charge in [0.05, 0.1) is 24.6 Å². The van der Waals surface area contributed by atoms with Gasteiger partial charge in [-0.15, -0.1) is 0 Å². The summed E-state index contributed by atoms with van der Waals surface area (Å²) in [7, 11) is 1.71. The molecule has 1 saturated heterocycles. The molecule has 0 radical (unpaired) electrons. The number of piperidine rings is 1. The minimum absolute atomic E-state index is 0.151. The van der Waals surface area contributed by atoms with E-state index in [1.54, 1.807) is 17.9 Å². The lowest BCUT2D eigenvalue weighted by Gasteiger charge is -2.32. The number of benzene rings is 1. The largest absolute Gasteiger partial charge is 0.341 e. The molecule has 33 heavy (non-hydrogen) atoms. The zero-order valence-corrected chi connectivity index (χ0v) is 18.2. The number of nitrogens with zero attached hydrogens (tertiary/aromatic N) is 6. The second-order valence-electron chi connectivity index (χ2n) is 8.10. The molecule has 3 heterocycles. The topological polar surface area (TPSA) is 87.4 Å². The van der Waals surface area contributed by atoms with Crippen LogP contribution in [0.4, 0.5) is 19.1 Å². The van der Waals surface area contributed by atoms with Gasteiger partial charge in [0.1, 0.15) is 17.3 Å². The number of halogens is 3. The molecule has 2 aromatic heterocycles. The van der Waals surface area contributed by atoms with E-state index in [9.17, 15) is 23.2 Å². The molecular weight excluding hydrogens is 437 g/mol. The number of hydroxylamine groups is 2. The molecular formula is C22H23F3N6O2. The third kappa shape index (κ3) is 4.82. The number of carbonyl (C=O) groups is 1. The number of hydrogen-bond acceptors (Lipinski definition) is 6. The first kappa shape index (κ1) is 22.7. The van der Waals surface area contributed by atoms with E-state index in [0.29, 0.717) is 42.6 Å². The first-order valence-corrected chi connectivity index (χ1v) is 10.4. The van der Waals surface area contributed by atoms with Crippen LogP contribution in [-0.2, 0) is 18.4 Å². The summed E-state index contributed by atoms with van der Waals surface area (Å²) in [5.74, 6) is -2.76. The van der Waals surface area contributed by atoms with Crippen molar-refractivity contribution in [2.24, 2.45) is 13.0 Å². The zero-order valence-electron chi connectivity index (χ0n) is 18.2. The van der Waals surface area contributed by atoms with E-state index in [4.69, 9.17) is 0 Å². The van der Waals surface area contributed by atoms with Gasteiger partial charge in [0.15, 0.2) is 5.82 Å². The molecule has 4 rings (SSSR count). The van der Waals surface area contributed by atoms with E-state index in [2.05, 4.69) is 15.1 Å². The Balaban J connectivity index is 1.41. The highest BCUT2D eigenvalue weighted by Gasteiger charge is 2.30. The Bertz CT molecular complexity index is 1140. The van der Waals surface area contributed by atoms with Gasteiger partial charge < -0.3 is 4.90 Å². The molecule has 1 amide bonds. The van der Waals surface area contributed by atoms with Crippen LogP contribution in [0.3, 0.4) is 0 Å². The summed E-state index contributed by atoms with van der Waals surface area (Å²) < 4.78 is 42.7. The summed E-state index contributed by atoms with van der Waals surface area (Å²) in [6.07, 6.45) is 3.57. The van der Waals surface area contributed by atoms with E-state index in [1.165, 1.54) is 0 Å².